The van der Waals surface area contributed by atoms with E-state index in [2.05, 4.69) is 17.6 Å². The van der Waals surface area contributed by atoms with E-state index in [0.29, 0.717) is 6.04 Å². The van der Waals surface area contributed by atoms with Crippen molar-refractivity contribution >= 4 is 5.91 Å². The van der Waals surface area contributed by atoms with E-state index in [-0.39, 0.29) is 11.3 Å². The molecule has 3 nitrogen and oxygen atoms in total. The van der Waals surface area contributed by atoms with Gasteiger partial charge in [0.1, 0.15) is 0 Å². The minimum Gasteiger partial charge on any atom is -0.353 e. The van der Waals surface area contributed by atoms with Crippen LogP contribution in [0.15, 0.2) is 0 Å². The minimum absolute atomic E-state index is 0.155. The van der Waals surface area contributed by atoms with Crippen LogP contribution in [-0.2, 0) is 4.79 Å². The Kier molecular flexibility index (Phi) is 3.29. The van der Waals surface area contributed by atoms with Crippen molar-refractivity contribution in [1.29, 1.82) is 0 Å². The van der Waals surface area contributed by atoms with Crippen molar-refractivity contribution in [1.82, 2.24) is 10.6 Å². The summed E-state index contributed by atoms with van der Waals surface area (Å²) in [6.07, 6.45) is 7.22. The normalized spacial score (nSPS) is 32.9. The van der Waals surface area contributed by atoms with E-state index in [9.17, 15) is 4.79 Å². The Hall–Kier alpha value is -0.570. The van der Waals surface area contributed by atoms with E-state index in [1.807, 2.05) is 0 Å². The zero-order valence-corrected chi connectivity index (χ0v) is 9.64. The van der Waals surface area contributed by atoms with Gasteiger partial charge in [0.2, 0.25) is 5.91 Å². The highest BCUT2D eigenvalue weighted by Gasteiger charge is 2.37. The van der Waals surface area contributed by atoms with E-state index >= 15 is 0 Å². The topological polar surface area (TPSA) is 41.1 Å². The molecule has 1 aliphatic heterocycles. The average molecular weight is 210 g/mol. The Morgan fingerprint density at radius 2 is 2.07 bits per heavy atom. The number of rotatable bonds is 2. The molecule has 1 atom stereocenters. The van der Waals surface area contributed by atoms with Gasteiger partial charge >= 0.3 is 0 Å². The monoisotopic (exact) mass is 210 g/mol. The van der Waals surface area contributed by atoms with Crippen LogP contribution in [0.25, 0.3) is 0 Å². The zero-order valence-electron chi connectivity index (χ0n) is 9.64. The van der Waals surface area contributed by atoms with Gasteiger partial charge in [0, 0.05) is 12.6 Å². The lowest BCUT2D eigenvalue weighted by Gasteiger charge is -2.28. The van der Waals surface area contributed by atoms with Crippen molar-refractivity contribution in [2.24, 2.45) is 5.41 Å². The molecule has 1 saturated heterocycles. The SMILES string of the molecule is C[C@@]1(C(=O)NC2CCCCC2)CCNC1. The van der Waals surface area contributed by atoms with Gasteiger partial charge in [-0.15, -0.1) is 0 Å². The molecule has 15 heavy (non-hydrogen) atoms. The van der Waals surface area contributed by atoms with Gasteiger partial charge in [-0.05, 0) is 32.7 Å². The number of hydrogen-bond acceptors (Lipinski definition) is 2. The molecule has 0 aromatic heterocycles. The van der Waals surface area contributed by atoms with Gasteiger partial charge in [-0.1, -0.05) is 19.3 Å². The maximum atomic E-state index is 12.1. The van der Waals surface area contributed by atoms with Crippen LogP contribution >= 0.6 is 0 Å². The fourth-order valence-electron chi connectivity index (χ4n) is 2.62. The number of hydrogen-bond donors (Lipinski definition) is 2. The van der Waals surface area contributed by atoms with Gasteiger partial charge in [-0.25, -0.2) is 0 Å². The van der Waals surface area contributed by atoms with E-state index in [1.165, 1.54) is 32.1 Å². The van der Waals surface area contributed by atoms with Crippen LogP contribution in [0, 0.1) is 5.41 Å². The molecule has 86 valence electrons. The number of nitrogens with one attached hydrogen (secondary N) is 2. The average Bonchev–Trinajstić information content (AvgIpc) is 2.68. The number of amides is 1. The Balaban J connectivity index is 1.85. The first kappa shape index (κ1) is 10.9. The molecular formula is C12H22N2O. The molecule has 3 heteroatoms. The molecule has 0 unspecified atom stereocenters. The summed E-state index contributed by atoms with van der Waals surface area (Å²) in [5.41, 5.74) is -0.155. The largest absolute Gasteiger partial charge is 0.353 e. The fraction of sp³-hybridized carbons (Fsp3) is 0.917. The standard InChI is InChI=1S/C12H22N2O/c1-12(7-8-13-9-12)11(15)14-10-5-3-2-4-6-10/h10,13H,2-9H2,1H3,(H,14,15)/t12-/m1/s1. The molecule has 0 aromatic rings. The molecule has 0 radical (unpaired) electrons. The zero-order chi connectivity index (χ0) is 10.7. The molecule has 1 saturated carbocycles. The first-order valence-corrected chi connectivity index (χ1v) is 6.22. The van der Waals surface area contributed by atoms with E-state index in [1.54, 1.807) is 0 Å². The second-order valence-electron chi connectivity index (χ2n) is 5.30. The maximum absolute atomic E-state index is 12.1. The fourth-order valence-corrected chi connectivity index (χ4v) is 2.62. The highest BCUT2D eigenvalue weighted by molar-refractivity contribution is 5.83. The Labute approximate surface area is 92.0 Å². The Bertz CT molecular complexity index is 228. The predicted molar refractivity (Wildman–Crippen MR) is 60.6 cm³/mol. The van der Waals surface area contributed by atoms with Crippen LogP contribution in [-0.4, -0.2) is 25.0 Å². The molecule has 0 bridgehead atoms. The van der Waals surface area contributed by atoms with Gasteiger partial charge in [0.05, 0.1) is 5.41 Å². The molecule has 1 amide bonds. The smallest absolute Gasteiger partial charge is 0.227 e. The van der Waals surface area contributed by atoms with E-state index in [4.69, 9.17) is 0 Å². The van der Waals surface area contributed by atoms with Crippen molar-refractivity contribution in [2.75, 3.05) is 13.1 Å². The summed E-state index contributed by atoms with van der Waals surface area (Å²) in [4.78, 5) is 12.1. The lowest BCUT2D eigenvalue weighted by atomic mass is 9.87. The van der Waals surface area contributed by atoms with Crippen molar-refractivity contribution in [3.63, 3.8) is 0 Å². The highest BCUT2D eigenvalue weighted by Crippen LogP contribution is 2.26. The second-order valence-corrected chi connectivity index (χ2v) is 5.30. The Morgan fingerprint density at radius 1 is 1.33 bits per heavy atom. The number of carbonyl (C=O) groups is 1. The summed E-state index contributed by atoms with van der Waals surface area (Å²) in [5, 5.41) is 6.49. The van der Waals surface area contributed by atoms with Gasteiger partial charge in [0.25, 0.3) is 0 Å². The van der Waals surface area contributed by atoms with Crippen molar-refractivity contribution < 1.29 is 4.79 Å². The first-order valence-electron chi connectivity index (χ1n) is 6.22. The molecule has 2 aliphatic rings. The molecule has 0 spiro atoms. The van der Waals surface area contributed by atoms with Crippen molar-refractivity contribution in [3.8, 4) is 0 Å². The van der Waals surface area contributed by atoms with Gasteiger partial charge in [0.15, 0.2) is 0 Å². The third kappa shape index (κ3) is 2.51. The molecule has 0 aromatic carbocycles. The molecule has 2 rings (SSSR count). The van der Waals surface area contributed by atoms with E-state index < -0.39 is 0 Å². The predicted octanol–water partition coefficient (Wildman–Crippen LogP) is 1.43. The van der Waals surface area contributed by atoms with Gasteiger partial charge in [-0.3, -0.25) is 4.79 Å². The third-order valence-corrected chi connectivity index (χ3v) is 3.86. The third-order valence-electron chi connectivity index (χ3n) is 3.86. The summed E-state index contributed by atoms with van der Waals surface area (Å²) in [5.74, 6) is 0.263. The van der Waals surface area contributed by atoms with Crippen molar-refractivity contribution in [2.45, 2.75) is 51.5 Å². The molecule has 2 fully saturated rings. The Morgan fingerprint density at radius 3 is 2.67 bits per heavy atom. The molecule has 1 aliphatic carbocycles. The summed E-state index contributed by atoms with van der Waals surface area (Å²) in [6.45, 7) is 3.89. The quantitative estimate of drug-likeness (QED) is 0.724. The van der Waals surface area contributed by atoms with Crippen LogP contribution in [0.1, 0.15) is 45.4 Å². The first-order chi connectivity index (χ1) is 7.21. The summed E-state index contributed by atoms with van der Waals surface area (Å²) in [7, 11) is 0. The van der Waals surface area contributed by atoms with Crippen LogP contribution < -0.4 is 10.6 Å². The summed E-state index contributed by atoms with van der Waals surface area (Å²) >= 11 is 0. The highest BCUT2D eigenvalue weighted by atomic mass is 16.2. The maximum Gasteiger partial charge on any atom is 0.227 e. The summed E-state index contributed by atoms with van der Waals surface area (Å²) < 4.78 is 0. The van der Waals surface area contributed by atoms with Crippen molar-refractivity contribution in [3.05, 3.63) is 0 Å². The van der Waals surface area contributed by atoms with Crippen LogP contribution in [0.2, 0.25) is 0 Å². The van der Waals surface area contributed by atoms with Crippen LogP contribution in [0.4, 0.5) is 0 Å². The molecule has 2 N–H and O–H groups in total. The summed E-state index contributed by atoms with van der Waals surface area (Å²) in [6, 6.07) is 0.448. The lowest BCUT2D eigenvalue weighted by molar-refractivity contribution is -0.130. The van der Waals surface area contributed by atoms with Crippen LogP contribution in [0.5, 0.6) is 0 Å². The molecule has 1 heterocycles. The molecular weight excluding hydrogens is 188 g/mol. The second kappa shape index (κ2) is 4.52. The lowest BCUT2D eigenvalue weighted by Crippen LogP contribution is -2.45. The number of carbonyl (C=O) groups excluding carboxylic acids is 1. The van der Waals surface area contributed by atoms with Gasteiger partial charge < -0.3 is 10.6 Å². The van der Waals surface area contributed by atoms with Gasteiger partial charge in [-0.2, -0.15) is 0 Å². The van der Waals surface area contributed by atoms with Crippen LogP contribution in [0.3, 0.4) is 0 Å². The van der Waals surface area contributed by atoms with E-state index in [0.717, 1.165) is 19.5 Å². The minimum atomic E-state index is -0.155.